The molecule has 0 saturated heterocycles. The van der Waals surface area contributed by atoms with E-state index in [1.54, 1.807) is 7.11 Å². The van der Waals surface area contributed by atoms with Crippen LogP contribution in [-0.4, -0.2) is 51.0 Å². The summed E-state index contributed by atoms with van der Waals surface area (Å²) in [5.41, 5.74) is 8.76. The van der Waals surface area contributed by atoms with Gasteiger partial charge in [-0.3, -0.25) is 4.90 Å². The highest BCUT2D eigenvalue weighted by Gasteiger charge is 2.24. The second-order valence-electron chi connectivity index (χ2n) is 4.94. The fraction of sp³-hybridized carbons (Fsp3) is 0.600. The number of hydrogen-bond donors (Lipinski definition) is 1. The Balaban J connectivity index is 1.86. The molecule has 2 N–H and O–H groups in total. The summed E-state index contributed by atoms with van der Waals surface area (Å²) in [6.07, 6.45) is 1.05. The monoisotopic (exact) mass is 264 g/mol. The van der Waals surface area contributed by atoms with E-state index in [0.717, 1.165) is 26.1 Å². The minimum Gasteiger partial charge on any atom is -0.382 e. The third kappa shape index (κ3) is 4.01. The molecule has 1 aliphatic rings. The smallest absolute Gasteiger partial charge is 0.0700 e. The number of ether oxygens (including phenoxy) is 2. The Bertz CT molecular complexity index is 384. The van der Waals surface area contributed by atoms with Crippen molar-refractivity contribution in [2.75, 3.05) is 40.0 Å². The standard InChI is InChI=1S/C15H24N2O2/c1-18-8-9-19-7-6-17-12-14-5-3-2-4-13(14)10-15(17)11-16/h2-5,15H,6-12,16H2,1H3. The molecule has 1 aromatic rings. The van der Waals surface area contributed by atoms with Crippen LogP contribution in [0.3, 0.4) is 0 Å². The van der Waals surface area contributed by atoms with Crippen LogP contribution in [-0.2, 0) is 22.4 Å². The second-order valence-corrected chi connectivity index (χ2v) is 4.94. The van der Waals surface area contributed by atoms with E-state index >= 15 is 0 Å². The molecule has 0 aromatic heterocycles. The molecule has 2 rings (SSSR count). The summed E-state index contributed by atoms with van der Waals surface area (Å²) in [4.78, 5) is 2.43. The zero-order chi connectivity index (χ0) is 13.5. The summed E-state index contributed by atoms with van der Waals surface area (Å²) >= 11 is 0. The second kappa shape index (κ2) is 7.60. The minimum atomic E-state index is 0.431. The molecule has 0 radical (unpaired) electrons. The first-order chi connectivity index (χ1) is 9.35. The van der Waals surface area contributed by atoms with E-state index < -0.39 is 0 Å². The Morgan fingerprint density at radius 2 is 2.00 bits per heavy atom. The van der Waals surface area contributed by atoms with Crippen molar-refractivity contribution in [1.82, 2.24) is 4.90 Å². The summed E-state index contributed by atoms with van der Waals surface area (Å²) in [5.74, 6) is 0. The van der Waals surface area contributed by atoms with Crippen LogP contribution in [0.5, 0.6) is 0 Å². The van der Waals surface area contributed by atoms with E-state index in [1.165, 1.54) is 11.1 Å². The zero-order valence-corrected chi connectivity index (χ0v) is 11.7. The highest BCUT2D eigenvalue weighted by atomic mass is 16.5. The van der Waals surface area contributed by atoms with E-state index in [-0.39, 0.29) is 0 Å². The van der Waals surface area contributed by atoms with Crippen LogP contribution in [0.25, 0.3) is 0 Å². The zero-order valence-electron chi connectivity index (χ0n) is 11.7. The maximum atomic E-state index is 5.90. The number of nitrogens with zero attached hydrogens (tertiary/aromatic N) is 1. The van der Waals surface area contributed by atoms with Crippen LogP contribution in [0, 0.1) is 0 Å². The van der Waals surface area contributed by atoms with Crippen LogP contribution >= 0.6 is 0 Å². The maximum absolute atomic E-state index is 5.90. The van der Waals surface area contributed by atoms with Crippen molar-refractivity contribution < 1.29 is 9.47 Å². The van der Waals surface area contributed by atoms with E-state index in [9.17, 15) is 0 Å². The van der Waals surface area contributed by atoms with Gasteiger partial charge in [-0.2, -0.15) is 0 Å². The predicted octanol–water partition coefficient (Wildman–Crippen LogP) is 1.03. The van der Waals surface area contributed by atoms with Gasteiger partial charge in [0.1, 0.15) is 0 Å². The number of hydrogen-bond acceptors (Lipinski definition) is 4. The third-order valence-electron chi connectivity index (χ3n) is 3.69. The molecule has 1 aromatic carbocycles. The molecule has 0 aliphatic carbocycles. The normalized spacial score (nSPS) is 19.4. The average Bonchev–Trinajstić information content (AvgIpc) is 2.46. The molecular formula is C15H24N2O2. The van der Waals surface area contributed by atoms with E-state index in [1.807, 2.05) is 0 Å². The first-order valence-electron chi connectivity index (χ1n) is 6.92. The van der Waals surface area contributed by atoms with Crippen molar-refractivity contribution in [1.29, 1.82) is 0 Å². The SMILES string of the molecule is COCCOCCN1Cc2ccccc2CC1CN. The Hall–Kier alpha value is -0.940. The number of fused-ring (bicyclic) bond motifs is 1. The largest absolute Gasteiger partial charge is 0.382 e. The molecule has 4 heteroatoms. The summed E-state index contributed by atoms with van der Waals surface area (Å²) in [6.45, 7) is 4.66. The molecule has 0 saturated carbocycles. The molecule has 0 bridgehead atoms. The lowest BCUT2D eigenvalue weighted by molar-refractivity contribution is 0.0461. The lowest BCUT2D eigenvalue weighted by atomic mass is 9.94. The Morgan fingerprint density at radius 1 is 1.21 bits per heavy atom. The Morgan fingerprint density at radius 3 is 2.74 bits per heavy atom. The summed E-state index contributed by atoms with van der Waals surface area (Å²) in [6, 6.07) is 9.07. The van der Waals surface area contributed by atoms with Crippen LogP contribution < -0.4 is 5.73 Å². The molecule has 4 nitrogen and oxygen atoms in total. The van der Waals surface area contributed by atoms with Crippen LogP contribution in [0.1, 0.15) is 11.1 Å². The number of methoxy groups -OCH3 is 1. The van der Waals surface area contributed by atoms with Gasteiger partial charge in [-0.1, -0.05) is 24.3 Å². The highest BCUT2D eigenvalue weighted by molar-refractivity contribution is 5.30. The molecule has 0 amide bonds. The lowest BCUT2D eigenvalue weighted by Crippen LogP contribution is -2.46. The van der Waals surface area contributed by atoms with Gasteiger partial charge in [0.2, 0.25) is 0 Å². The van der Waals surface area contributed by atoms with Crippen molar-refractivity contribution in [3.05, 3.63) is 35.4 Å². The fourth-order valence-electron chi connectivity index (χ4n) is 2.56. The van der Waals surface area contributed by atoms with Crippen LogP contribution in [0.15, 0.2) is 24.3 Å². The van der Waals surface area contributed by atoms with E-state index in [4.69, 9.17) is 15.2 Å². The molecule has 106 valence electrons. The average molecular weight is 264 g/mol. The van der Waals surface area contributed by atoms with E-state index in [0.29, 0.717) is 25.8 Å². The van der Waals surface area contributed by atoms with Crippen molar-refractivity contribution >= 4 is 0 Å². The Labute approximate surface area is 115 Å². The van der Waals surface area contributed by atoms with Crippen molar-refractivity contribution in [3.8, 4) is 0 Å². The molecule has 0 fully saturated rings. The van der Waals surface area contributed by atoms with Gasteiger partial charge in [0.15, 0.2) is 0 Å². The van der Waals surface area contributed by atoms with Gasteiger partial charge in [0.05, 0.1) is 19.8 Å². The molecule has 19 heavy (non-hydrogen) atoms. The van der Waals surface area contributed by atoms with Crippen molar-refractivity contribution in [2.45, 2.75) is 19.0 Å². The molecule has 1 atom stereocenters. The first kappa shape index (κ1) is 14.5. The quantitative estimate of drug-likeness (QED) is 0.747. The third-order valence-corrected chi connectivity index (χ3v) is 3.69. The maximum Gasteiger partial charge on any atom is 0.0700 e. The van der Waals surface area contributed by atoms with Crippen molar-refractivity contribution in [3.63, 3.8) is 0 Å². The van der Waals surface area contributed by atoms with Gasteiger partial charge in [-0.05, 0) is 17.5 Å². The van der Waals surface area contributed by atoms with Crippen LogP contribution in [0.4, 0.5) is 0 Å². The van der Waals surface area contributed by atoms with Gasteiger partial charge in [0.25, 0.3) is 0 Å². The minimum absolute atomic E-state index is 0.431. The summed E-state index contributed by atoms with van der Waals surface area (Å²) in [5, 5.41) is 0. The van der Waals surface area contributed by atoms with Gasteiger partial charge in [-0.25, -0.2) is 0 Å². The summed E-state index contributed by atoms with van der Waals surface area (Å²) < 4.78 is 10.5. The highest BCUT2D eigenvalue weighted by Crippen LogP contribution is 2.22. The lowest BCUT2D eigenvalue weighted by Gasteiger charge is -2.36. The summed E-state index contributed by atoms with van der Waals surface area (Å²) in [7, 11) is 1.69. The van der Waals surface area contributed by atoms with Gasteiger partial charge >= 0.3 is 0 Å². The van der Waals surface area contributed by atoms with Gasteiger partial charge < -0.3 is 15.2 Å². The molecule has 1 aliphatic heterocycles. The number of nitrogens with two attached hydrogens (primary N) is 1. The van der Waals surface area contributed by atoms with Gasteiger partial charge in [-0.15, -0.1) is 0 Å². The van der Waals surface area contributed by atoms with Crippen molar-refractivity contribution in [2.24, 2.45) is 5.73 Å². The first-order valence-corrected chi connectivity index (χ1v) is 6.92. The molecule has 1 heterocycles. The fourth-order valence-corrected chi connectivity index (χ4v) is 2.56. The topological polar surface area (TPSA) is 47.7 Å². The van der Waals surface area contributed by atoms with E-state index in [2.05, 4.69) is 29.2 Å². The molecule has 1 unspecified atom stereocenters. The number of benzene rings is 1. The van der Waals surface area contributed by atoms with Gasteiger partial charge in [0, 0.05) is 32.8 Å². The molecular weight excluding hydrogens is 240 g/mol. The number of rotatable bonds is 7. The van der Waals surface area contributed by atoms with Crippen LogP contribution in [0.2, 0.25) is 0 Å². The Kier molecular flexibility index (Phi) is 5.79. The predicted molar refractivity (Wildman–Crippen MR) is 76.1 cm³/mol. The molecule has 0 spiro atoms.